The van der Waals surface area contributed by atoms with Crippen LogP contribution in [0.2, 0.25) is 0 Å². The van der Waals surface area contributed by atoms with E-state index in [2.05, 4.69) is 4.98 Å². The van der Waals surface area contributed by atoms with Gasteiger partial charge in [-0.3, -0.25) is 14.9 Å². The number of para-hydroxylation sites is 1. The van der Waals surface area contributed by atoms with E-state index in [1.165, 1.54) is 13.0 Å². The summed E-state index contributed by atoms with van der Waals surface area (Å²) in [6.45, 7) is 1.39. The summed E-state index contributed by atoms with van der Waals surface area (Å²) < 4.78 is 13.5. The summed E-state index contributed by atoms with van der Waals surface area (Å²) in [6.07, 6.45) is 3.50. The third-order valence-electron chi connectivity index (χ3n) is 4.02. The van der Waals surface area contributed by atoms with Gasteiger partial charge in [-0.15, -0.1) is 0 Å². The van der Waals surface area contributed by atoms with Gasteiger partial charge >= 0.3 is 0 Å². The number of halogens is 1. The summed E-state index contributed by atoms with van der Waals surface area (Å²) in [7, 11) is 0. The summed E-state index contributed by atoms with van der Waals surface area (Å²) in [5.41, 5.74) is 2.06. The lowest BCUT2D eigenvalue weighted by Crippen LogP contribution is -2.01. The van der Waals surface area contributed by atoms with Crippen molar-refractivity contribution in [2.45, 2.75) is 13.3 Å². The number of Topliss-reactive ketones (excluding diaryl/α,β-unsaturated/α-hetero) is 1. The average Bonchev–Trinajstić information content (AvgIpc) is 2.97. The molecule has 0 amide bonds. The van der Waals surface area contributed by atoms with Crippen LogP contribution in [0.15, 0.2) is 54.2 Å². The third kappa shape index (κ3) is 3.47. The molecule has 0 atom stereocenters. The number of nitro groups is 1. The second-order valence-electron chi connectivity index (χ2n) is 5.72. The van der Waals surface area contributed by atoms with Crippen LogP contribution in [0, 0.1) is 15.9 Å². The number of hydrogen-bond acceptors (Lipinski definition) is 3. The summed E-state index contributed by atoms with van der Waals surface area (Å²) in [5.74, 6) is -0.810. The fourth-order valence-corrected chi connectivity index (χ4v) is 2.76. The van der Waals surface area contributed by atoms with Crippen molar-refractivity contribution < 1.29 is 14.1 Å². The molecule has 1 N–H and O–H groups in total. The Morgan fingerprint density at radius 1 is 1.28 bits per heavy atom. The highest BCUT2D eigenvalue weighted by atomic mass is 19.1. The van der Waals surface area contributed by atoms with Gasteiger partial charge in [0.2, 0.25) is 0 Å². The summed E-state index contributed by atoms with van der Waals surface area (Å²) in [6, 6.07) is 10.9. The third-order valence-corrected chi connectivity index (χ3v) is 4.02. The Hall–Kier alpha value is -3.28. The molecule has 3 rings (SSSR count). The molecule has 0 saturated heterocycles. The van der Waals surface area contributed by atoms with Crippen LogP contribution in [0.3, 0.4) is 0 Å². The zero-order valence-corrected chi connectivity index (χ0v) is 13.5. The second-order valence-corrected chi connectivity index (χ2v) is 5.72. The van der Waals surface area contributed by atoms with Gasteiger partial charge in [0.1, 0.15) is 5.82 Å². The largest absolute Gasteiger partial charge is 0.361 e. The van der Waals surface area contributed by atoms with E-state index in [0.717, 1.165) is 34.7 Å². The number of ketones is 1. The fraction of sp³-hybridized carbons (Fsp3) is 0.105. The molecule has 1 aromatic heterocycles. The first-order valence-electron chi connectivity index (χ1n) is 7.66. The molecule has 3 aromatic rings. The predicted octanol–water partition coefficient (Wildman–Crippen LogP) is 4.43. The SMILES string of the molecule is CC(=O)/C(=C/c1cc(F)ccc1[N+](=O)[O-])Cc1c[nH]c2ccccc12. The number of H-pyrrole nitrogens is 1. The van der Waals surface area contributed by atoms with Crippen LogP contribution in [0.25, 0.3) is 17.0 Å². The van der Waals surface area contributed by atoms with Gasteiger partial charge in [0.15, 0.2) is 5.78 Å². The number of nitrogens with one attached hydrogen (secondary N) is 1. The van der Waals surface area contributed by atoms with Crippen molar-refractivity contribution in [1.82, 2.24) is 4.98 Å². The van der Waals surface area contributed by atoms with Crippen molar-refractivity contribution in [2.75, 3.05) is 0 Å². The highest BCUT2D eigenvalue weighted by Crippen LogP contribution is 2.26. The Bertz CT molecular complexity index is 1000. The van der Waals surface area contributed by atoms with Gasteiger partial charge in [0, 0.05) is 35.2 Å². The molecular weight excluding hydrogens is 323 g/mol. The van der Waals surface area contributed by atoms with E-state index in [9.17, 15) is 19.3 Å². The Morgan fingerprint density at radius 2 is 2.04 bits per heavy atom. The van der Waals surface area contributed by atoms with Gasteiger partial charge in [-0.05, 0) is 36.8 Å². The number of allylic oxidation sites excluding steroid dienone is 1. The molecule has 126 valence electrons. The number of rotatable bonds is 5. The van der Waals surface area contributed by atoms with Crippen molar-refractivity contribution >= 4 is 28.4 Å². The number of aromatic nitrogens is 1. The van der Waals surface area contributed by atoms with Gasteiger partial charge in [-0.2, -0.15) is 0 Å². The molecule has 25 heavy (non-hydrogen) atoms. The molecule has 0 aliphatic rings. The number of carbonyl (C=O) groups excluding carboxylic acids is 1. The minimum absolute atomic E-state index is 0.0787. The lowest BCUT2D eigenvalue weighted by Gasteiger charge is -2.05. The molecule has 0 saturated carbocycles. The highest BCUT2D eigenvalue weighted by Gasteiger charge is 2.16. The minimum Gasteiger partial charge on any atom is -0.361 e. The number of nitro benzene ring substituents is 1. The van der Waals surface area contributed by atoms with E-state index >= 15 is 0 Å². The topological polar surface area (TPSA) is 76.0 Å². The summed E-state index contributed by atoms with van der Waals surface area (Å²) in [4.78, 5) is 25.7. The number of hydrogen-bond donors (Lipinski definition) is 1. The van der Waals surface area contributed by atoms with Gasteiger partial charge in [0.05, 0.1) is 10.5 Å². The van der Waals surface area contributed by atoms with Crippen LogP contribution in [-0.2, 0) is 11.2 Å². The Balaban J connectivity index is 2.05. The molecule has 0 unspecified atom stereocenters. The number of aromatic amines is 1. The Labute approximate surface area is 142 Å². The van der Waals surface area contributed by atoms with E-state index in [-0.39, 0.29) is 17.0 Å². The fourth-order valence-electron chi connectivity index (χ4n) is 2.76. The molecule has 2 aromatic carbocycles. The maximum absolute atomic E-state index is 13.5. The predicted molar refractivity (Wildman–Crippen MR) is 93.7 cm³/mol. The van der Waals surface area contributed by atoms with E-state index in [1.807, 2.05) is 24.3 Å². The van der Waals surface area contributed by atoms with Crippen molar-refractivity contribution in [1.29, 1.82) is 0 Å². The van der Waals surface area contributed by atoms with Gasteiger partial charge in [-0.25, -0.2) is 4.39 Å². The van der Waals surface area contributed by atoms with E-state index in [1.54, 1.807) is 6.20 Å². The van der Waals surface area contributed by atoms with Crippen molar-refractivity contribution in [3.05, 3.63) is 81.3 Å². The lowest BCUT2D eigenvalue weighted by molar-refractivity contribution is -0.385. The van der Waals surface area contributed by atoms with Crippen LogP contribution < -0.4 is 0 Å². The van der Waals surface area contributed by atoms with Crippen LogP contribution in [-0.4, -0.2) is 15.7 Å². The van der Waals surface area contributed by atoms with E-state index in [0.29, 0.717) is 12.0 Å². The summed E-state index contributed by atoms with van der Waals surface area (Å²) in [5, 5.41) is 12.1. The first-order chi connectivity index (χ1) is 12.0. The molecule has 5 nitrogen and oxygen atoms in total. The van der Waals surface area contributed by atoms with Crippen LogP contribution in [0.4, 0.5) is 10.1 Å². The highest BCUT2D eigenvalue weighted by molar-refractivity contribution is 5.99. The van der Waals surface area contributed by atoms with Crippen LogP contribution in [0.1, 0.15) is 18.1 Å². The van der Waals surface area contributed by atoms with Gasteiger partial charge < -0.3 is 4.98 Å². The smallest absolute Gasteiger partial charge is 0.276 e. The molecule has 0 aliphatic heterocycles. The zero-order chi connectivity index (χ0) is 18.0. The molecule has 1 heterocycles. The van der Waals surface area contributed by atoms with Gasteiger partial charge in [0.25, 0.3) is 5.69 Å². The summed E-state index contributed by atoms with van der Waals surface area (Å²) >= 11 is 0. The number of nitrogens with zero attached hydrogens (tertiary/aromatic N) is 1. The number of benzene rings is 2. The monoisotopic (exact) mass is 338 g/mol. The quantitative estimate of drug-likeness (QED) is 0.425. The Morgan fingerprint density at radius 3 is 2.76 bits per heavy atom. The zero-order valence-electron chi connectivity index (χ0n) is 13.5. The lowest BCUT2D eigenvalue weighted by atomic mass is 9.98. The van der Waals surface area contributed by atoms with Crippen molar-refractivity contribution in [3.8, 4) is 0 Å². The number of fused-ring (bicyclic) bond motifs is 1. The molecule has 0 radical (unpaired) electrons. The van der Waals surface area contributed by atoms with Crippen LogP contribution in [0.5, 0.6) is 0 Å². The first kappa shape index (κ1) is 16.6. The molecular formula is C19H15FN2O3. The van der Waals surface area contributed by atoms with Crippen molar-refractivity contribution in [2.24, 2.45) is 0 Å². The van der Waals surface area contributed by atoms with Crippen molar-refractivity contribution in [3.63, 3.8) is 0 Å². The molecule has 6 heteroatoms. The minimum atomic E-state index is -0.591. The molecule has 0 spiro atoms. The van der Waals surface area contributed by atoms with Crippen LogP contribution >= 0.6 is 0 Å². The maximum atomic E-state index is 13.5. The molecule has 0 bridgehead atoms. The molecule has 0 aliphatic carbocycles. The first-order valence-corrected chi connectivity index (χ1v) is 7.66. The Kier molecular flexibility index (Phi) is 4.43. The van der Waals surface area contributed by atoms with Gasteiger partial charge in [-0.1, -0.05) is 18.2 Å². The molecule has 0 fully saturated rings. The number of carbonyl (C=O) groups is 1. The maximum Gasteiger partial charge on any atom is 0.276 e. The second kappa shape index (κ2) is 6.68. The normalized spacial score (nSPS) is 11.7. The standard InChI is InChI=1S/C19H15FN2O3/c1-12(23)13(8-14-10-16(20)6-7-19(14)22(24)25)9-15-11-21-18-5-3-2-4-17(15)18/h2-8,10-11,21H,9H2,1H3/b13-8+. The van der Waals surface area contributed by atoms with E-state index < -0.39 is 10.7 Å². The van der Waals surface area contributed by atoms with E-state index in [4.69, 9.17) is 0 Å². The average molecular weight is 338 g/mol.